The number of carbonyl (C=O) groups is 2. The Hall–Kier alpha value is -2.15. The van der Waals surface area contributed by atoms with Gasteiger partial charge in [-0.1, -0.05) is 0 Å². The highest BCUT2D eigenvalue weighted by atomic mass is 16.2. The summed E-state index contributed by atoms with van der Waals surface area (Å²) in [6.45, 7) is 1.20. The highest BCUT2D eigenvalue weighted by Crippen LogP contribution is 2.11. The summed E-state index contributed by atoms with van der Waals surface area (Å²) in [6.07, 6.45) is 1.50. The van der Waals surface area contributed by atoms with E-state index >= 15 is 0 Å². The van der Waals surface area contributed by atoms with Gasteiger partial charge >= 0.3 is 0 Å². The summed E-state index contributed by atoms with van der Waals surface area (Å²) < 4.78 is 0. The van der Waals surface area contributed by atoms with E-state index in [9.17, 15) is 9.59 Å². The lowest BCUT2D eigenvalue weighted by molar-refractivity contribution is -0.133. The maximum absolute atomic E-state index is 12.2. The first-order valence-corrected chi connectivity index (χ1v) is 5.57. The number of carbonyl (C=O) groups excluding carboxylic acids is 2. The number of aromatic nitrogens is 1. The molecular formula is C11H15N5O2. The third-order valence-corrected chi connectivity index (χ3v) is 2.90. The summed E-state index contributed by atoms with van der Waals surface area (Å²) in [4.78, 5) is 30.8. The van der Waals surface area contributed by atoms with Crippen LogP contribution in [0.15, 0.2) is 18.3 Å². The van der Waals surface area contributed by atoms with Gasteiger partial charge in [0, 0.05) is 31.9 Å². The number of rotatable bonds is 2. The van der Waals surface area contributed by atoms with Crippen LogP contribution in [-0.2, 0) is 4.79 Å². The predicted octanol–water partition coefficient (Wildman–Crippen LogP) is -0.719. The Labute approximate surface area is 105 Å². The molecule has 2 heterocycles. The van der Waals surface area contributed by atoms with Gasteiger partial charge in [0.15, 0.2) is 0 Å². The van der Waals surface area contributed by atoms with Crippen LogP contribution in [0.25, 0.3) is 0 Å². The van der Waals surface area contributed by atoms with Crippen LogP contribution >= 0.6 is 0 Å². The normalized spacial score (nSPS) is 15.8. The van der Waals surface area contributed by atoms with Crippen molar-refractivity contribution >= 4 is 17.6 Å². The van der Waals surface area contributed by atoms with E-state index < -0.39 is 0 Å². The Balaban J connectivity index is 2.13. The number of hydrazine groups is 1. The average molecular weight is 249 g/mol. The molecule has 1 aromatic heterocycles. The van der Waals surface area contributed by atoms with Crippen molar-refractivity contribution in [2.45, 2.75) is 0 Å². The molecular weight excluding hydrogens is 234 g/mol. The Morgan fingerprint density at radius 3 is 2.94 bits per heavy atom. The maximum atomic E-state index is 12.2. The number of hydrogen-bond acceptors (Lipinski definition) is 5. The summed E-state index contributed by atoms with van der Waals surface area (Å²) in [5.74, 6) is 5.42. The summed E-state index contributed by atoms with van der Waals surface area (Å²) in [6, 6.07) is 3.16. The largest absolute Gasteiger partial charge is 0.342 e. The minimum absolute atomic E-state index is 0.0548. The van der Waals surface area contributed by atoms with Crippen molar-refractivity contribution in [2.24, 2.45) is 5.84 Å². The van der Waals surface area contributed by atoms with Crippen LogP contribution < -0.4 is 11.3 Å². The van der Waals surface area contributed by atoms with E-state index in [-0.39, 0.29) is 18.4 Å². The first kappa shape index (κ1) is 12.3. The Kier molecular flexibility index (Phi) is 3.42. The second-order valence-electron chi connectivity index (χ2n) is 4.12. The lowest BCUT2D eigenvalue weighted by Crippen LogP contribution is -2.50. The van der Waals surface area contributed by atoms with Crippen LogP contribution in [-0.4, -0.2) is 53.3 Å². The Morgan fingerprint density at radius 2 is 2.28 bits per heavy atom. The lowest BCUT2D eigenvalue weighted by Gasteiger charge is -2.32. The van der Waals surface area contributed by atoms with Crippen LogP contribution in [0.5, 0.6) is 0 Å². The summed E-state index contributed by atoms with van der Waals surface area (Å²) in [5.41, 5.74) is 2.85. The van der Waals surface area contributed by atoms with Crippen molar-refractivity contribution in [3.8, 4) is 0 Å². The maximum Gasteiger partial charge on any atom is 0.254 e. The zero-order chi connectivity index (χ0) is 13.1. The number of nitrogens with two attached hydrogens (primary N) is 1. The SMILES string of the molecule is CN1CCN(C(=O)c2ccnc(NN)c2)CC1=O. The molecule has 1 aliphatic rings. The number of amides is 2. The quantitative estimate of drug-likeness (QED) is 0.533. The zero-order valence-electron chi connectivity index (χ0n) is 10.1. The van der Waals surface area contributed by atoms with Crippen LogP contribution in [0.1, 0.15) is 10.4 Å². The highest BCUT2D eigenvalue weighted by Gasteiger charge is 2.25. The van der Waals surface area contributed by atoms with Gasteiger partial charge in [-0.3, -0.25) is 9.59 Å². The van der Waals surface area contributed by atoms with Crippen molar-refractivity contribution < 1.29 is 9.59 Å². The standard InChI is InChI=1S/C11H15N5O2/c1-15-4-5-16(7-10(15)17)11(18)8-2-3-13-9(6-8)14-12/h2-3,6H,4-5,7,12H2,1H3,(H,13,14). The van der Waals surface area contributed by atoms with Crippen molar-refractivity contribution in [2.75, 3.05) is 32.1 Å². The third kappa shape index (κ3) is 2.40. The molecule has 0 unspecified atom stereocenters. The molecule has 0 aromatic carbocycles. The molecule has 0 spiro atoms. The van der Waals surface area contributed by atoms with Crippen molar-refractivity contribution in [1.82, 2.24) is 14.8 Å². The monoisotopic (exact) mass is 249 g/mol. The predicted molar refractivity (Wildman–Crippen MR) is 65.6 cm³/mol. The van der Waals surface area contributed by atoms with Crippen LogP contribution in [0, 0.1) is 0 Å². The van der Waals surface area contributed by atoms with Crippen LogP contribution in [0.2, 0.25) is 0 Å². The molecule has 0 saturated carbocycles. The van der Waals surface area contributed by atoms with Gasteiger partial charge in [0.2, 0.25) is 5.91 Å². The molecule has 0 aliphatic carbocycles. The molecule has 2 amide bonds. The molecule has 18 heavy (non-hydrogen) atoms. The molecule has 0 radical (unpaired) electrons. The molecule has 2 rings (SSSR count). The van der Waals surface area contributed by atoms with Gasteiger partial charge in [-0.05, 0) is 12.1 Å². The average Bonchev–Trinajstić information content (AvgIpc) is 2.41. The van der Waals surface area contributed by atoms with Crippen molar-refractivity contribution in [1.29, 1.82) is 0 Å². The number of nitrogen functional groups attached to an aromatic ring is 1. The zero-order valence-corrected chi connectivity index (χ0v) is 10.1. The molecule has 1 aromatic rings. The van der Waals surface area contributed by atoms with Gasteiger partial charge in [0.25, 0.3) is 5.91 Å². The first-order valence-electron chi connectivity index (χ1n) is 5.57. The van der Waals surface area contributed by atoms with E-state index in [1.54, 1.807) is 24.1 Å². The third-order valence-electron chi connectivity index (χ3n) is 2.90. The lowest BCUT2D eigenvalue weighted by atomic mass is 10.2. The molecule has 96 valence electrons. The molecule has 7 heteroatoms. The molecule has 0 atom stereocenters. The molecule has 1 aliphatic heterocycles. The summed E-state index contributed by atoms with van der Waals surface area (Å²) in [7, 11) is 1.73. The van der Waals surface area contributed by atoms with Crippen molar-refractivity contribution in [3.63, 3.8) is 0 Å². The second kappa shape index (κ2) is 5.01. The number of likely N-dealkylation sites (N-methyl/N-ethyl adjacent to an activating group) is 1. The van der Waals surface area contributed by atoms with Gasteiger partial charge < -0.3 is 15.2 Å². The minimum Gasteiger partial charge on any atom is -0.342 e. The van der Waals surface area contributed by atoms with Crippen molar-refractivity contribution in [3.05, 3.63) is 23.9 Å². The topological polar surface area (TPSA) is 91.6 Å². The fourth-order valence-corrected chi connectivity index (χ4v) is 1.76. The molecule has 3 N–H and O–H groups in total. The van der Waals surface area contributed by atoms with E-state index in [0.717, 1.165) is 0 Å². The van der Waals surface area contributed by atoms with E-state index in [1.807, 2.05) is 0 Å². The Morgan fingerprint density at radius 1 is 1.50 bits per heavy atom. The van der Waals surface area contributed by atoms with Crippen LogP contribution in [0.3, 0.4) is 0 Å². The number of piperazine rings is 1. The number of nitrogens with zero attached hydrogens (tertiary/aromatic N) is 3. The second-order valence-corrected chi connectivity index (χ2v) is 4.12. The van der Waals surface area contributed by atoms with Crippen LogP contribution in [0.4, 0.5) is 5.82 Å². The van der Waals surface area contributed by atoms with Gasteiger partial charge in [-0.2, -0.15) is 0 Å². The fourth-order valence-electron chi connectivity index (χ4n) is 1.76. The number of hydrogen-bond donors (Lipinski definition) is 2. The number of pyridine rings is 1. The van der Waals surface area contributed by atoms with Gasteiger partial charge in [0.1, 0.15) is 12.4 Å². The smallest absolute Gasteiger partial charge is 0.254 e. The van der Waals surface area contributed by atoms with Gasteiger partial charge in [-0.25, -0.2) is 10.8 Å². The molecule has 7 nitrogen and oxygen atoms in total. The minimum atomic E-state index is -0.185. The number of anilines is 1. The van der Waals surface area contributed by atoms with E-state index in [4.69, 9.17) is 5.84 Å². The molecule has 1 saturated heterocycles. The van der Waals surface area contributed by atoms with E-state index in [0.29, 0.717) is 24.5 Å². The van der Waals surface area contributed by atoms with Gasteiger partial charge in [-0.15, -0.1) is 0 Å². The molecule has 1 fully saturated rings. The summed E-state index contributed by atoms with van der Waals surface area (Å²) >= 11 is 0. The Bertz CT molecular complexity index is 476. The van der Waals surface area contributed by atoms with E-state index in [2.05, 4.69) is 10.4 Å². The highest BCUT2D eigenvalue weighted by molar-refractivity contribution is 5.97. The fraction of sp³-hybridized carbons (Fsp3) is 0.364. The first-order chi connectivity index (χ1) is 8.61. The van der Waals surface area contributed by atoms with Gasteiger partial charge in [0.05, 0.1) is 0 Å². The van der Waals surface area contributed by atoms with E-state index in [1.165, 1.54) is 11.1 Å². The summed E-state index contributed by atoms with van der Waals surface area (Å²) in [5, 5.41) is 0. The number of nitrogens with one attached hydrogen (secondary N) is 1. The molecule has 0 bridgehead atoms.